The zero-order chi connectivity index (χ0) is 23.2. The quantitative estimate of drug-likeness (QED) is 0.359. The summed E-state index contributed by atoms with van der Waals surface area (Å²) in [6.07, 6.45) is 1.61. The van der Waals surface area contributed by atoms with Gasteiger partial charge in [0.2, 0.25) is 0 Å². The molecule has 3 aromatic rings. The molecule has 0 spiro atoms. The smallest absolute Gasteiger partial charge is 0.270 e. The van der Waals surface area contributed by atoms with Gasteiger partial charge in [-0.2, -0.15) is 0 Å². The Hall–Kier alpha value is -3.71. The van der Waals surface area contributed by atoms with E-state index in [2.05, 4.69) is 5.32 Å². The Morgan fingerprint density at radius 2 is 1.66 bits per heavy atom. The molecule has 2 aromatic carbocycles. The van der Waals surface area contributed by atoms with E-state index in [1.807, 2.05) is 68.7 Å². The number of benzene rings is 2. The Morgan fingerprint density at radius 3 is 2.34 bits per heavy atom. The molecule has 0 aliphatic carbocycles. The molecule has 4 rings (SSSR count). The predicted octanol–water partition coefficient (Wildman–Crippen LogP) is 4.25. The molecular weight excluding hydrogens is 422 g/mol. The van der Waals surface area contributed by atoms with Crippen molar-refractivity contribution in [1.82, 2.24) is 9.88 Å². The number of nitrogens with zero attached hydrogens (tertiary/aromatic N) is 2. The lowest BCUT2D eigenvalue weighted by Crippen LogP contribution is -2.54. The van der Waals surface area contributed by atoms with Crippen LogP contribution in [-0.4, -0.2) is 26.6 Å². The van der Waals surface area contributed by atoms with Crippen molar-refractivity contribution in [2.24, 2.45) is 0 Å². The van der Waals surface area contributed by atoms with Crippen LogP contribution >= 0.6 is 12.2 Å². The number of phenols is 1. The standard InChI is InChI=1S/C25H23N3O3S/c1-14-5-6-15(2)22(11-14)28-24(31)21(23(30)26-25(28)32)13-18-12-16(3)27(17(18)4)19-7-9-20(29)10-8-19/h5-13,29H,1-4H3,(H,26,30,32)/b21-13+. The van der Waals surface area contributed by atoms with Crippen molar-refractivity contribution in [3.05, 3.63) is 82.2 Å². The second-order valence-corrected chi connectivity index (χ2v) is 8.31. The van der Waals surface area contributed by atoms with Gasteiger partial charge in [0.25, 0.3) is 11.8 Å². The first kappa shape index (κ1) is 21.5. The number of aromatic hydroxyl groups is 1. The largest absolute Gasteiger partial charge is 0.508 e. The summed E-state index contributed by atoms with van der Waals surface area (Å²) in [4.78, 5) is 27.5. The SMILES string of the molecule is Cc1ccc(C)c(N2C(=O)/C(=C/c3cc(C)n(-c4ccc(O)cc4)c3C)C(=O)NC2=S)c1. The van der Waals surface area contributed by atoms with E-state index in [9.17, 15) is 14.7 Å². The third-order valence-electron chi connectivity index (χ3n) is 5.59. The molecule has 1 aliphatic rings. The number of hydrogen-bond acceptors (Lipinski definition) is 4. The molecule has 7 heteroatoms. The number of phenolic OH excluding ortho intramolecular Hbond substituents is 1. The molecule has 0 unspecified atom stereocenters. The lowest BCUT2D eigenvalue weighted by atomic mass is 10.0. The van der Waals surface area contributed by atoms with Gasteiger partial charge in [-0.3, -0.25) is 19.8 Å². The average Bonchev–Trinajstić information content (AvgIpc) is 3.01. The highest BCUT2D eigenvalue weighted by Gasteiger charge is 2.35. The number of thiocarbonyl (C=S) groups is 1. The summed E-state index contributed by atoms with van der Waals surface area (Å²) in [5.74, 6) is -0.789. The minimum absolute atomic E-state index is 0.0189. The van der Waals surface area contributed by atoms with Gasteiger partial charge in [0.15, 0.2) is 5.11 Å². The summed E-state index contributed by atoms with van der Waals surface area (Å²) >= 11 is 5.33. The first-order valence-electron chi connectivity index (χ1n) is 10.1. The molecule has 1 fully saturated rings. The molecule has 0 radical (unpaired) electrons. The third kappa shape index (κ3) is 3.71. The lowest BCUT2D eigenvalue weighted by molar-refractivity contribution is -0.122. The molecule has 2 heterocycles. The van der Waals surface area contributed by atoms with Crippen LogP contribution in [0.2, 0.25) is 0 Å². The van der Waals surface area contributed by atoms with E-state index >= 15 is 0 Å². The van der Waals surface area contributed by atoms with Gasteiger partial charge in [-0.05, 0) is 99.1 Å². The van der Waals surface area contributed by atoms with Crippen LogP contribution in [0.4, 0.5) is 5.69 Å². The van der Waals surface area contributed by atoms with Crippen LogP contribution in [0, 0.1) is 27.7 Å². The molecule has 1 aromatic heterocycles. The average molecular weight is 446 g/mol. The van der Waals surface area contributed by atoms with Crippen molar-refractivity contribution in [2.75, 3.05) is 4.90 Å². The Labute approximate surface area is 191 Å². The summed E-state index contributed by atoms with van der Waals surface area (Å²) in [7, 11) is 0. The molecule has 32 heavy (non-hydrogen) atoms. The summed E-state index contributed by atoms with van der Waals surface area (Å²) < 4.78 is 2.00. The minimum atomic E-state index is -0.518. The Kier molecular flexibility index (Phi) is 5.44. The minimum Gasteiger partial charge on any atom is -0.508 e. The van der Waals surface area contributed by atoms with Crippen LogP contribution in [-0.2, 0) is 9.59 Å². The predicted molar refractivity (Wildman–Crippen MR) is 129 cm³/mol. The van der Waals surface area contributed by atoms with E-state index < -0.39 is 11.8 Å². The Morgan fingerprint density at radius 1 is 0.969 bits per heavy atom. The number of aryl methyl sites for hydroxylation is 3. The van der Waals surface area contributed by atoms with Crippen molar-refractivity contribution >= 4 is 40.9 Å². The monoisotopic (exact) mass is 445 g/mol. The van der Waals surface area contributed by atoms with E-state index in [1.54, 1.807) is 18.2 Å². The number of rotatable bonds is 3. The molecule has 6 nitrogen and oxygen atoms in total. The second kappa shape index (κ2) is 8.09. The molecular formula is C25H23N3O3S. The molecule has 0 saturated carbocycles. The van der Waals surface area contributed by atoms with Crippen molar-refractivity contribution in [3.8, 4) is 11.4 Å². The maximum Gasteiger partial charge on any atom is 0.270 e. The normalized spacial score (nSPS) is 15.4. The second-order valence-electron chi connectivity index (χ2n) is 7.93. The maximum absolute atomic E-state index is 13.4. The van der Waals surface area contributed by atoms with Crippen molar-refractivity contribution in [2.45, 2.75) is 27.7 Å². The fraction of sp³-hybridized carbons (Fsp3) is 0.160. The summed E-state index contributed by atoms with van der Waals surface area (Å²) in [6, 6.07) is 14.5. The van der Waals surface area contributed by atoms with Crippen LogP contribution in [0.5, 0.6) is 5.75 Å². The zero-order valence-electron chi connectivity index (χ0n) is 18.3. The van der Waals surface area contributed by atoms with E-state index in [4.69, 9.17) is 12.2 Å². The number of nitrogens with one attached hydrogen (secondary N) is 1. The number of carbonyl (C=O) groups is 2. The highest BCUT2D eigenvalue weighted by molar-refractivity contribution is 7.80. The maximum atomic E-state index is 13.4. The Bertz CT molecular complexity index is 1300. The molecule has 1 saturated heterocycles. The Balaban J connectivity index is 1.78. The first-order valence-corrected chi connectivity index (χ1v) is 10.5. The van der Waals surface area contributed by atoms with Gasteiger partial charge in [-0.25, -0.2) is 0 Å². The van der Waals surface area contributed by atoms with Crippen LogP contribution in [0.1, 0.15) is 28.1 Å². The zero-order valence-corrected chi connectivity index (χ0v) is 19.1. The van der Waals surface area contributed by atoms with E-state index in [1.165, 1.54) is 4.90 Å². The highest BCUT2D eigenvalue weighted by Crippen LogP contribution is 2.28. The van der Waals surface area contributed by atoms with Gasteiger partial charge >= 0.3 is 0 Å². The number of aromatic nitrogens is 1. The number of anilines is 1. The molecule has 162 valence electrons. The molecule has 1 aliphatic heterocycles. The van der Waals surface area contributed by atoms with E-state index in [0.29, 0.717) is 5.69 Å². The summed E-state index contributed by atoms with van der Waals surface area (Å²) in [5, 5.41) is 12.3. The van der Waals surface area contributed by atoms with Gasteiger partial charge in [-0.15, -0.1) is 0 Å². The fourth-order valence-electron chi connectivity index (χ4n) is 3.92. The summed E-state index contributed by atoms with van der Waals surface area (Å²) in [5.41, 5.74) is 5.97. The molecule has 0 bridgehead atoms. The first-order chi connectivity index (χ1) is 15.2. The van der Waals surface area contributed by atoms with Crippen LogP contribution in [0.25, 0.3) is 11.8 Å². The molecule has 2 N–H and O–H groups in total. The molecule has 2 amide bonds. The van der Waals surface area contributed by atoms with Crippen LogP contribution in [0.3, 0.4) is 0 Å². The molecule has 0 atom stereocenters. The highest BCUT2D eigenvalue weighted by atomic mass is 32.1. The number of hydrogen-bond donors (Lipinski definition) is 2. The van der Waals surface area contributed by atoms with Crippen LogP contribution in [0.15, 0.2) is 54.1 Å². The number of amides is 2. The fourth-order valence-corrected chi connectivity index (χ4v) is 4.20. The van der Waals surface area contributed by atoms with Gasteiger partial charge in [0.05, 0.1) is 5.69 Å². The van der Waals surface area contributed by atoms with Gasteiger partial charge in [0.1, 0.15) is 11.3 Å². The lowest BCUT2D eigenvalue weighted by Gasteiger charge is -2.30. The summed E-state index contributed by atoms with van der Waals surface area (Å²) in [6.45, 7) is 7.70. The van der Waals surface area contributed by atoms with Gasteiger partial charge in [0, 0.05) is 17.1 Å². The van der Waals surface area contributed by atoms with Crippen molar-refractivity contribution < 1.29 is 14.7 Å². The number of carbonyl (C=O) groups excluding carboxylic acids is 2. The third-order valence-corrected chi connectivity index (χ3v) is 5.87. The topological polar surface area (TPSA) is 74.6 Å². The van der Waals surface area contributed by atoms with Gasteiger partial charge in [-0.1, -0.05) is 12.1 Å². The van der Waals surface area contributed by atoms with Crippen molar-refractivity contribution in [3.63, 3.8) is 0 Å². The van der Waals surface area contributed by atoms with Crippen LogP contribution < -0.4 is 10.2 Å². The van der Waals surface area contributed by atoms with Gasteiger partial charge < -0.3 is 9.67 Å². The van der Waals surface area contributed by atoms with Crippen molar-refractivity contribution in [1.29, 1.82) is 0 Å². The van der Waals surface area contributed by atoms with E-state index in [0.717, 1.165) is 33.8 Å². The van der Waals surface area contributed by atoms with E-state index in [-0.39, 0.29) is 16.4 Å².